The van der Waals surface area contributed by atoms with Gasteiger partial charge in [-0.15, -0.1) is 0 Å². The highest BCUT2D eigenvalue weighted by Crippen LogP contribution is 2.33. The van der Waals surface area contributed by atoms with Gasteiger partial charge in [0.25, 0.3) is 0 Å². The van der Waals surface area contributed by atoms with Crippen LogP contribution in [-0.4, -0.2) is 55.8 Å². The van der Waals surface area contributed by atoms with Gasteiger partial charge in [-0.05, 0) is 54.8 Å². The van der Waals surface area contributed by atoms with E-state index in [0.29, 0.717) is 47.5 Å². The van der Waals surface area contributed by atoms with Gasteiger partial charge < -0.3 is 38.5 Å². The molecule has 3 aromatic rings. The number of amides is 3. The summed E-state index contributed by atoms with van der Waals surface area (Å²) in [5.74, 6) is 3.70. The number of nitrogens with one attached hydrogen (secondary N) is 1. The topological polar surface area (TPSA) is 103 Å². The molecule has 0 unspecified atom stereocenters. The van der Waals surface area contributed by atoms with Crippen LogP contribution in [0.3, 0.4) is 0 Å². The van der Waals surface area contributed by atoms with Crippen LogP contribution in [0.5, 0.6) is 23.0 Å². The molecule has 0 aliphatic carbocycles. The quantitative estimate of drug-likeness (QED) is 0.365. The van der Waals surface area contributed by atoms with E-state index in [1.54, 1.807) is 30.2 Å². The molecule has 3 amide bonds. The summed E-state index contributed by atoms with van der Waals surface area (Å²) in [6, 6.07) is 14.0. The molecule has 1 aromatic heterocycles. The second kappa shape index (κ2) is 12.5. The number of hydrogen-bond donors (Lipinski definition) is 1. The molecule has 1 N–H and O–H groups in total. The fourth-order valence-corrected chi connectivity index (χ4v) is 4.27. The lowest BCUT2D eigenvalue weighted by atomic mass is 10.1. The molecule has 4 rings (SSSR count). The standard InChI is InChI=1S/C29H35N3O7/c1-19(2)14-32(29(34)30-24-10-9-22(35-4)13-26(24)36-5)17-28(33)31(16-23-8-6-20(3)39-23)15-21-7-11-25-27(12-21)38-18-37-25/h6-13,19H,14-18H2,1-5H3,(H,30,34). The van der Waals surface area contributed by atoms with Crippen LogP contribution in [0.4, 0.5) is 10.5 Å². The molecule has 2 aromatic carbocycles. The molecule has 0 radical (unpaired) electrons. The fraction of sp³-hybridized carbons (Fsp3) is 0.379. The average molecular weight is 538 g/mol. The summed E-state index contributed by atoms with van der Waals surface area (Å²) >= 11 is 0. The first-order chi connectivity index (χ1) is 18.7. The first-order valence-corrected chi connectivity index (χ1v) is 12.7. The van der Waals surface area contributed by atoms with Crippen LogP contribution in [0.25, 0.3) is 0 Å². The Labute approximate surface area is 228 Å². The number of hydrogen-bond acceptors (Lipinski definition) is 7. The lowest BCUT2D eigenvalue weighted by Crippen LogP contribution is -2.45. The van der Waals surface area contributed by atoms with E-state index in [9.17, 15) is 9.59 Å². The second-order valence-electron chi connectivity index (χ2n) is 9.72. The van der Waals surface area contributed by atoms with E-state index >= 15 is 0 Å². The van der Waals surface area contributed by atoms with Crippen LogP contribution >= 0.6 is 0 Å². The van der Waals surface area contributed by atoms with Gasteiger partial charge in [0, 0.05) is 19.2 Å². The molecule has 0 saturated carbocycles. The first kappa shape index (κ1) is 27.7. The van der Waals surface area contributed by atoms with Gasteiger partial charge in [0.2, 0.25) is 12.7 Å². The van der Waals surface area contributed by atoms with Crippen molar-refractivity contribution in [2.75, 3.05) is 39.4 Å². The van der Waals surface area contributed by atoms with Gasteiger partial charge in [-0.2, -0.15) is 0 Å². The average Bonchev–Trinajstić information content (AvgIpc) is 3.55. The smallest absolute Gasteiger partial charge is 0.322 e. The number of nitrogens with zero attached hydrogens (tertiary/aromatic N) is 2. The second-order valence-corrected chi connectivity index (χ2v) is 9.72. The molecule has 1 aliphatic rings. The van der Waals surface area contributed by atoms with Crippen LogP contribution < -0.4 is 24.3 Å². The monoisotopic (exact) mass is 537 g/mol. The third kappa shape index (κ3) is 7.16. The summed E-state index contributed by atoms with van der Waals surface area (Å²) in [6.45, 7) is 6.84. The van der Waals surface area contributed by atoms with Crippen LogP contribution in [0.1, 0.15) is 30.9 Å². The molecule has 0 bridgehead atoms. The predicted molar refractivity (Wildman–Crippen MR) is 145 cm³/mol. The molecule has 10 nitrogen and oxygen atoms in total. The van der Waals surface area contributed by atoms with Gasteiger partial charge in [-0.3, -0.25) is 4.79 Å². The van der Waals surface area contributed by atoms with Crippen molar-refractivity contribution >= 4 is 17.6 Å². The maximum absolute atomic E-state index is 13.7. The zero-order valence-corrected chi connectivity index (χ0v) is 23.0. The van der Waals surface area contributed by atoms with Gasteiger partial charge in [0.05, 0.1) is 26.5 Å². The van der Waals surface area contributed by atoms with Crippen LogP contribution in [0, 0.1) is 12.8 Å². The van der Waals surface area contributed by atoms with E-state index in [1.807, 2.05) is 51.1 Å². The minimum absolute atomic E-state index is 0.118. The van der Waals surface area contributed by atoms with Crippen molar-refractivity contribution in [3.63, 3.8) is 0 Å². The number of methoxy groups -OCH3 is 2. The largest absolute Gasteiger partial charge is 0.497 e. The highest BCUT2D eigenvalue weighted by Gasteiger charge is 2.25. The molecule has 1 aliphatic heterocycles. The number of aryl methyl sites for hydroxylation is 1. The lowest BCUT2D eigenvalue weighted by molar-refractivity contribution is -0.133. The van der Waals surface area contributed by atoms with Gasteiger partial charge in [0.15, 0.2) is 11.5 Å². The van der Waals surface area contributed by atoms with Crippen molar-refractivity contribution < 1.29 is 33.0 Å². The third-order valence-electron chi connectivity index (χ3n) is 6.15. The van der Waals surface area contributed by atoms with E-state index in [2.05, 4.69) is 5.32 Å². The maximum Gasteiger partial charge on any atom is 0.322 e. The molecular formula is C29H35N3O7. The number of ether oxygens (including phenoxy) is 4. The van der Waals surface area contributed by atoms with Crippen molar-refractivity contribution in [1.82, 2.24) is 9.80 Å². The normalized spacial score (nSPS) is 11.8. The Balaban J connectivity index is 1.53. The number of carbonyl (C=O) groups is 2. The molecule has 0 fully saturated rings. The maximum atomic E-state index is 13.7. The summed E-state index contributed by atoms with van der Waals surface area (Å²) < 4.78 is 27.3. The molecule has 0 spiro atoms. The van der Waals surface area contributed by atoms with Gasteiger partial charge >= 0.3 is 6.03 Å². The summed E-state index contributed by atoms with van der Waals surface area (Å²) in [5.41, 5.74) is 1.35. The first-order valence-electron chi connectivity index (χ1n) is 12.7. The van der Waals surface area contributed by atoms with Crippen molar-refractivity contribution in [3.05, 3.63) is 65.6 Å². The number of fused-ring (bicyclic) bond motifs is 1. The molecule has 208 valence electrons. The molecule has 0 saturated heterocycles. The summed E-state index contributed by atoms with van der Waals surface area (Å²) in [6.07, 6.45) is 0. The minimum Gasteiger partial charge on any atom is -0.497 e. The predicted octanol–water partition coefficient (Wildman–Crippen LogP) is 5.05. The van der Waals surface area contributed by atoms with Crippen molar-refractivity contribution in [2.24, 2.45) is 5.92 Å². The van der Waals surface area contributed by atoms with E-state index < -0.39 is 6.03 Å². The molecule has 2 heterocycles. The Hall–Kier alpha value is -4.34. The zero-order chi connectivity index (χ0) is 27.9. The lowest BCUT2D eigenvalue weighted by Gasteiger charge is -2.29. The Kier molecular flexibility index (Phi) is 8.85. The highest BCUT2D eigenvalue weighted by atomic mass is 16.7. The summed E-state index contributed by atoms with van der Waals surface area (Å²) in [5, 5.41) is 2.88. The van der Waals surface area contributed by atoms with Crippen LogP contribution in [0.2, 0.25) is 0 Å². The van der Waals surface area contributed by atoms with Crippen molar-refractivity contribution in [1.29, 1.82) is 0 Å². The molecule has 10 heteroatoms. The van der Waals surface area contributed by atoms with E-state index in [-0.39, 0.29) is 31.7 Å². The number of urea groups is 1. The SMILES string of the molecule is COc1ccc(NC(=O)N(CC(=O)N(Cc2ccc3c(c2)OCO3)Cc2ccc(C)o2)CC(C)C)c(OC)c1. The van der Waals surface area contributed by atoms with Gasteiger partial charge in [0.1, 0.15) is 29.6 Å². The third-order valence-corrected chi connectivity index (χ3v) is 6.15. The number of furan rings is 1. The Morgan fingerprint density at radius 1 is 0.949 bits per heavy atom. The Morgan fingerprint density at radius 2 is 1.74 bits per heavy atom. The molecule has 0 atom stereocenters. The van der Waals surface area contributed by atoms with Crippen molar-refractivity contribution in [3.8, 4) is 23.0 Å². The minimum atomic E-state index is -0.405. The number of anilines is 1. The van der Waals surface area contributed by atoms with E-state index in [1.165, 1.54) is 12.0 Å². The van der Waals surface area contributed by atoms with Gasteiger partial charge in [-0.1, -0.05) is 19.9 Å². The molecule has 39 heavy (non-hydrogen) atoms. The van der Waals surface area contributed by atoms with Crippen molar-refractivity contribution in [2.45, 2.75) is 33.9 Å². The highest BCUT2D eigenvalue weighted by molar-refractivity contribution is 5.93. The number of rotatable bonds is 11. The fourth-order valence-electron chi connectivity index (χ4n) is 4.27. The Morgan fingerprint density at radius 3 is 2.44 bits per heavy atom. The Bertz CT molecular complexity index is 1300. The summed E-state index contributed by atoms with van der Waals surface area (Å²) in [4.78, 5) is 30.3. The van der Waals surface area contributed by atoms with E-state index in [4.69, 9.17) is 23.4 Å². The van der Waals surface area contributed by atoms with Crippen LogP contribution in [0.15, 0.2) is 52.9 Å². The summed E-state index contributed by atoms with van der Waals surface area (Å²) in [7, 11) is 3.08. The van der Waals surface area contributed by atoms with Gasteiger partial charge in [-0.25, -0.2) is 4.79 Å². The number of benzene rings is 2. The van der Waals surface area contributed by atoms with Crippen LogP contribution in [-0.2, 0) is 17.9 Å². The zero-order valence-electron chi connectivity index (χ0n) is 23.0. The number of carbonyl (C=O) groups excluding carboxylic acids is 2. The molecular weight excluding hydrogens is 502 g/mol. The van der Waals surface area contributed by atoms with E-state index in [0.717, 1.165) is 11.3 Å².